The van der Waals surface area contributed by atoms with Crippen LogP contribution < -0.4 is 5.32 Å². The lowest BCUT2D eigenvalue weighted by Gasteiger charge is -2.06. The third kappa shape index (κ3) is 4.43. The van der Waals surface area contributed by atoms with Crippen molar-refractivity contribution in [2.75, 3.05) is 6.61 Å². The maximum atomic E-state index is 12.0. The number of nitrogens with one attached hydrogen (secondary N) is 1. The second kappa shape index (κ2) is 8.22. The third-order valence-electron chi connectivity index (χ3n) is 3.56. The number of carbonyl (C=O) groups is 3. The highest BCUT2D eigenvalue weighted by Gasteiger charge is 2.14. The Morgan fingerprint density at radius 3 is 2.19 bits per heavy atom. The lowest BCUT2D eigenvalue weighted by atomic mass is 10.0. The van der Waals surface area contributed by atoms with Crippen molar-refractivity contribution in [2.45, 2.75) is 0 Å². The Morgan fingerprint density at radius 1 is 0.846 bits per heavy atom. The van der Waals surface area contributed by atoms with Gasteiger partial charge in [-0.05, 0) is 34.7 Å². The monoisotopic (exact) mass is 365 g/mol. The zero-order valence-electron chi connectivity index (χ0n) is 13.7. The molecule has 2 aromatic carbocycles. The van der Waals surface area contributed by atoms with E-state index in [1.54, 1.807) is 29.6 Å². The van der Waals surface area contributed by atoms with Gasteiger partial charge >= 0.3 is 5.97 Å². The maximum absolute atomic E-state index is 12.0. The van der Waals surface area contributed by atoms with Crippen LogP contribution in [0.4, 0.5) is 0 Å². The van der Waals surface area contributed by atoms with Crippen molar-refractivity contribution in [3.05, 3.63) is 82.6 Å². The molecule has 0 radical (unpaired) electrons. The highest BCUT2D eigenvalue weighted by Crippen LogP contribution is 2.19. The van der Waals surface area contributed by atoms with Gasteiger partial charge in [-0.15, -0.1) is 11.3 Å². The summed E-state index contributed by atoms with van der Waals surface area (Å²) in [5.41, 5.74) is 2.35. The predicted octanol–water partition coefficient (Wildman–Crippen LogP) is 3.53. The number of amides is 2. The van der Waals surface area contributed by atoms with Gasteiger partial charge in [0.1, 0.15) is 0 Å². The molecule has 0 bridgehead atoms. The van der Waals surface area contributed by atoms with Crippen LogP contribution in [-0.4, -0.2) is 24.4 Å². The van der Waals surface area contributed by atoms with E-state index >= 15 is 0 Å². The molecule has 0 saturated carbocycles. The standard InChI is InChI=1S/C20H15NO4S/c22-18(21-19(23)17-7-4-12-26-17)13-25-20(24)16-10-8-15(9-11-16)14-5-2-1-3-6-14/h1-12H,13H2,(H,21,22,23). The van der Waals surface area contributed by atoms with Crippen LogP contribution in [0.15, 0.2) is 72.1 Å². The van der Waals surface area contributed by atoms with Crippen LogP contribution in [0, 0.1) is 0 Å². The summed E-state index contributed by atoms with van der Waals surface area (Å²) >= 11 is 1.22. The molecular weight excluding hydrogens is 350 g/mol. The van der Waals surface area contributed by atoms with Crippen LogP contribution in [0.2, 0.25) is 0 Å². The molecule has 0 atom stereocenters. The van der Waals surface area contributed by atoms with E-state index in [2.05, 4.69) is 5.32 Å². The Morgan fingerprint density at radius 2 is 1.54 bits per heavy atom. The average Bonchev–Trinajstić information content (AvgIpc) is 3.22. The number of hydrogen-bond donors (Lipinski definition) is 1. The van der Waals surface area contributed by atoms with Crippen molar-refractivity contribution < 1.29 is 19.1 Å². The van der Waals surface area contributed by atoms with Crippen molar-refractivity contribution in [3.8, 4) is 11.1 Å². The lowest BCUT2D eigenvalue weighted by Crippen LogP contribution is -2.33. The van der Waals surface area contributed by atoms with Crippen LogP contribution in [0.3, 0.4) is 0 Å². The predicted molar refractivity (Wildman–Crippen MR) is 99.0 cm³/mol. The van der Waals surface area contributed by atoms with Crippen molar-refractivity contribution in [2.24, 2.45) is 0 Å². The van der Waals surface area contributed by atoms with Crippen LogP contribution in [0.25, 0.3) is 11.1 Å². The maximum Gasteiger partial charge on any atom is 0.338 e. The fourth-order valence-electron chi connectivity index (χ4n) is 2.28. The summed E-state index contributed by atoms with van der Waals surface area (Å²) in [5, 5.41) is 3.91. The van der Waals surface area contributed by atoms with Gasteiger partial charge in [0.2, 0.25) is 0 Å². The van der Waals surface area contributed by atoms with Crippen LogP contribution >= 0.6 is 11.3 Å². The largest absolute Gasteiger partial charge is 0.452 e. The van der Waals surface area contributed by atoms with Gasteiger partial charge in [0.15, 0.2) is 6.61 Å². The molecule has 0 aliphatic rings. The summed E-state index contributed by atoms with van der Waals surface area (Å²) in [4.78, 5) is 35.9. The van der Waals surface area contributed by atoms with Crippen LogP contribution in [-0.2, 0) is 9.53 Å². The molecule has 3 aromatic rings. The van der Waals surface area contributed by atoms with Crippen LogP contribution in [0.1, 0.15) is 20.0 Å². The number of imide groups is 1. The van der Waals surface area contributed by atoms with E-state index in [-0.39, 0.29) is 0 Å². The van der Waals surface area contributed by atoms with Gasteiger partial charge in [-0.2, -0.15) is 0 Å². The molecule has 26 heavy (non-hydrogen) atoms. The molecule has 0 fully saturated rings. The molecular formula is C20H15NO4S. The van der Waals surface area contributed by atoms with Crippen LogP contribution in [0.5, 0.6) is 0 Å². The molecule has 130 valence electrons. The van der Waals surface area contributed by atoms with Crippen molar-refractivity contribution in [1.82, 2.24) is 5.32 Å². The number of hydrogen-bond acceptors (Lipinski definition) is 5. The zero-order valence-corrected chi connectivity index (χ0v) is 14.5. The zero-order chi connectivity index (χ0) is 18.4. The molecule has 0 unspecified atom stereocenters. The molecule has 1 aromatic heterocycles. The van der Waals surface area contributed by atoms with E-state index in [0.717, 1.165) is 11.1 Å². The number of carbonyl (C=O) groups excluding carboxylic acids is 3. The Hall–Kier alpha value is -3.25. The Kier molecular flexibility index (Phi) is 5.56. The first-order valence-corrected chi connectivity index (χ1v) is 8.72. The summed E-state index contributed by atoms with van der Waals surface area (Å²) in [7, 11) is 0. The summed E-state index contributed by atoms with van der Waals surface area (Å²) in [6.45, 7) is -0.517. The van der Waals surface area contributed by atoms with E-state index in [4.69, 9.17) is 4.74 Å². The van der Waals surface area contributed by atoms with E-state index in [1.807, 2.05) is 42.5 Å². The van der Waals surface area contributed by atoms with Gasteiger partial charge < -0.3 is 4.74 Å². The summed E-state index contributed by atoms with van der Waals surface area (Å²) in [6, 6.07) is 20.0. The topological polar surface area (TPSA) is 72.5 Å². The highest BCUT2D eigenvalue weighted by molar-refractivity contribution is 7.12. The summed E-state index contributed by atoms with van der Waals surface area (Å²) in [6.07, 6.45) is 0. The molecule has 0 spiro atoms. The van der Waals surface area contributed by atoms with Gasteiger partial charge in [-0.1, -0.05) is 48.5 Å². The number of esters is 1. The lowest BCUT2D eigenvalue weighted by molar-refractivity contribution is -0.123. The number of benzene rings is 2. The van der Waals surface area contributed by atoms with E-state index in [9.17, 15) is 14.4 Å². The minimum Gasteiger partial charge on any atom is -0.452 e. The second-order valence-electron chi connectivity index (χ2n) is 5.37. The van der Waals surface area contributed by atoms with Gasteiger partial charge in [0.05, 0.1) is 10.4 Å². The van der Waals surface area contributed by atoms with E-state index in [0.29, 0.717) is 10.4 Å². The molecule has 0 saturated heterocycles. The summed E-state index contributed by atoms with van der Waals surface area (Å²) < 4.78 is 4.95. The van der Waals surface area contributed by atoms with Gasteiger partial charge in [0.25, 0.3) is 11.8 Å². The first-order valence-electron chi connectivity index (χ1n) is 7.84. The molecule has 0 aliphatic carbocycles. The minimum atomic E-state index is -0.669. The highest BCUT2D eigenvalue weighted by atomic mass is 32.1. The molecule has 0 aliphatic heterocycles. The van der Waals surface area contributed by atoms with Gasteiger partial charge in [-0.3, -0.25) is 14.9 Å². The number of rotatable bonds is 5. The molecule has 1 heterocycles. The SMILES string of the molecule is O=C(COC(=O)c1ccc(-c2ccccc2)cc1)NC(=O)c1cccs1. The second-order valence-corrected chi connectivity index (χ2v) is 6.32. The average molecular weight is 365 g/mol. The smallest absolute Gasteiger partial charge is 0.338 e. The Balaban J connectivity index is 1.53. The Bertz CT molecular complexity index is 903. The van der Waals surface area contributed by atoms with Gasteiger partial charge in [-0.25, -0.2) is 4.79 Å². The molecule has 2 amide bonds. The quantitative estimate of drug-likeness (QED) is 0.702. The molecule has 1 N–H and O–H groups in total. The number of ether oxygens (including phenoxy) is 1. The van der Waals surface area contributed by atoms with Crippen molar-refractivity contribution in [3.63, 3.8) is 0 Å². The fourth-order valence-corrected chi connectivity index (χ4v) is 2.89. The third-order valence-corrected chi connectivity index (χ3v) is 4.43. The van der Waals surface area contributed by atoms with E-state index in [1.165, 1.54) is 11.3 Å². The normalized spacial score (nSPS) is 10.2. The fraction of sp³-hybridized carbons (Fsp3) is 0.0500. The molecule has 6 heteroatoms. The van der Waals surface area contributed by atoms with Crippen molar-refractivity contribution >= 4 is 29.1 Å². The first kappa shape index (κ1) is 17.6. The molecule has 3 rings (SSSR count). The van der Waals surface area contributed by atoms with Gasteiger partial charge in [0, 0.05) is 0 Å². The molecule has 5 nitrogen and oxygen atoms in total. The summed E-state index contributed by atoms with van der Waals surface area (Å²) in [5.74, 6) is -1.80. The minimum absolute atomic E-state index is 0.335. The Labute approximate surface area is 154 Å². The van der Waals surface area contributed by atoms with E-state index < -0.39 is 24.4 Å². The van der Waals surface area contributed by atoms with Crippen molar-refractivity contribution in [1.29, 1.82) is 0 Å². The first-order chi connectivity index (χ1) is 12.6. The number of thiophene rings is 1.